The summed E-state index contributed by atoms with van der Waals surface area (Å²) in [5.41, 5.74) is 1.44. The monoisotopic (exact) mass is 311 g/mol. The standard InChI is InChI=1S/C16H26BrN/c1-12(2)9-10-14(11-18-13(3)4)15-7-5-6-8-16(15)17/h5-8,12-14,18H,9-11H2,1-4H3. The average molecular weight is 312 g/mol. The molecule has 1 rings (SSSR count). The number of hydrogen-bond donors (Lipinski definition) is 1. The van der Waals surface area contributed by atoms with Crippen molar-refractivity contribution in [3.8, 4) is 0 Å². The van der Waals surface area contributed by atoms with Gasteiger partial charge in [0.1, 0.15) is 0 Å². The van der Waals surface area contributed by atoms with Crippen molar-refractivity contribution in [2.75, 3.05) is 6.54 Å². The molecule has 1 aromatic carbocycles. The number of benzene rings is 1. The van der Waals surface area contributed by atoms with Crippen molar-refractivity contribution in [2.45, 2.75) is 52.5 Å². The molecule has 102 valence electrons. The van der Waals surface area contributed by atoms with E-state index >= 15 is 0 Å². The third-order valence-electron chi connectivity index (χ3n) is 3.21. The first kappa shape index (κ1) is 15.7. The largest absolute Gasteiger partial charge is 0.314 e. The van der Waals surface area contributed by atoms with E-state index < -0.39 is 0 Å². The molecule has 0 fully saturated rings. The fourth-order valence-corrected chi connectivity index (χ4v) is 2.69. The summed E-state index contributed by atoms with van der Waals surface area (Å²) in [4.78, 5) is 0. The van der Waals surface area contributed by atoms with Crippen LogP contribution in [0.2, 0.25) is 0 Å². The Bertz CT molecular complexity index is 335. The molecular formula is C16H26BrN. The number of hydrogen-bond acceptors (Lipinski definition) is 1. The van der Waals surface area contributed by atoms with Gasteiger partial charge in [-0.15, -0.1) is 0 Å². The van der Waals surface area contributed by atoms with Gasteiger partial charge in [-0.2, -0.15) is 0 Å². The van der Waals surface area contributed by atoms with Crippen LogP contribution < -0.4 is 5.32 Å². The van der Waals surface area contributed by atoms with Gasteiger partial charge in [0.05, 0.1) is 0 Å². The molecule has 0 radical (unpaired) electrons. The van der Waals surface area contributed by atoms with E-state index in [4.69, 9.17) is 0 Å². The SMILES string of the molecule is CC(C)CCC(CNC(C)C)c1ccccc1Br. The highest BCUT2D eigenvalue weighted by molar-refractivity contribution is 9.10. The molecule has 0 saturated heterocycles. The molecule has 0 spiro atoms. The van der Waals surface area contributed by atoms with Gasteiger partial charge in [0.2, 0.25) is 0 Å². The van der Waals surface area contributed by atoms with Crippen LogP contribution in [0, 0.1) is 5.92 Å². The Morgan fingerprint density at radius 1 is 1.06 bits per heavy atom. The van der Waals surface area contributed by atoms with Crippen LogP contribution in [-0.2, 0) is 0 Å². The van der Waals surface area contributed by atoms with Crippen molar-refractivity contribution in [2.24, 2.45) is 5.92 Å². The highest BCUT2D eigenvalue weighted by atomic mass is 79.9. The normalized spacial score (nSPS) is 13.3. The third-order valence-corrected chi connectivity index (χ3v) is 3.93. The summed E-state index contributed by atoms with van der Waals surface area (Å²) < 4.78 is 1.24. The highest BCUT2D eigenvalue weighted by Gasteiger charge is 2.15. The average Bonchev–Trinajstić information content (AvgIpc) is 2.30. The summed E-state index contributed by atoms with van der Waals surface area (Å²) in [6.45, 7) is 10.1. The van der Waals surface area contributed by atoms with E-state index in [1.165, 1.54) is 22.9 Å². The van der Waals surface area contributed by atoms with Gasteiger partial charge in [-0.1, -0.05) is 68.2 Å². The topological polar surface area (TPSA) is 12.0 Å². The van der Waals surface area contributed by atoms with Gasteiger partial charge in [0.15, 0.2) is 0 Å². The molecule has 1 nitrogen and oxygen atoms in total. The molecule has 1 atom stereocenters. The second-order valence-electron chi connectivity index (χ2n) is 5.75. The molecule has 1 aromatic rings. The van der Waals surface area contributed by atoms with Gasteiger partial charge in [-0.3, -0.25) is 0 Å². The number of rotatable bonds is 7. The minimum atomic E-state index is 0.550. The molecule has 0 amide bonds. The first-order valence-corrected chi connectivity index (χ1v) is 7.77. The summed E-state index contributed by atoms with van der Waals surface area (Å²) >= 11 is 3.68. The second-order valence-corrected chi connectivity index (χ2v) is 6.61. The van der Waals surface area contributed by atoms with E-state index in [9.17, 15) is 0 Å². The van der Waals surface area contributed by atoms with Crippen LogP contribution in [0.25, 0.3) is 0 Å². The number of nitrogens with one attached hydrogen (secondary N) is 1. The van der Waals surface area contributed by atoms with Crippen LogP contribution in [-0.4, -0.2) is 12.6 Å². The zero-order valence-electron chi connectivity index (χ0n) is 12.0. The van der Waals surface area contributed by atoms with Crippen molar-refractivity contribution in [1.82, 2.24) is 5.32 Å². The van der Waals surface area contributed by atoms with Crippen molar-refractivity contribution in [3.05, 3.63) is 34.3 Å². The molecule has 18 heavy (non-hydrogen) atoms. The lowest BCUT2D eigenvalue weighted by Crippen LogP contribution is -2.28. The fourth-order valence-electron chi connectivity index (χ4n) is 2.09. The highest BCUT2D eigenvalue weighted by Crippen LogP contribution is 2.29. The van der Waals surface area contributed by atoms with Crippen LogP contribution >= 0.6 is 15.9 Å². The Labute approximate surface area is 120 Å². The lowest BCUT2D eigenvalue weighted by Gasteiger charge is -2.21. The molecule has 0 aliphatic carbocycles. The molecule has 1 N–H and O–H groups in total. The number of halogens is 1. The maximum absolute atomic E-state index is 3.68. The molecular weight excluding hydrogens is 286 g/mol. The Morgan fingerprint density at radius 2 is 1.72 bits per heavy atom. The molecule has 0 bridgehead atoms. The molecule has 1 unspecified atom stereocenters. The van der Waals surface area contributed by atoms with E-state index in [0.29, 0.717) is 12.0 Å². The Balaban J connectivity index is 2.73. The zero-order chi connectivity index (χ0) is 13.5. The van der Waals surface area contributed by atoms with Crippen molar-refractivity contribution < 1.29 is 0 Å². The maximum atomic E-state index is 3.68. The lowest BCUT2D eigenvalue weighted by molar-refractivity contribution is 0.458. The van der Waals surface area contributed by atoms with Gasteiger partial charge in [0.25, 0.3) is 0 Å². The van der Waals surface area contributed by atoms with Crippen LogP contribution in [0.5, 0.6) is 0 Å². The van der Waals surface area contributed by atoms with E-state index in [-0.39, 0.29) is 0 Å². The Morgan fingerprint density at radius 3 is 2.28 bits per heavy atom. The van der Waals surface area contributed by atoms with E-state index in [1.54, 1.807) is 0 Å². The van der Waals surface area contributed by atoms with Gasteiger partial charge >= 0.3 is 0 Å². The molecule has 0 aromatic heterocycles. The zero-order valence-corrected chi connectivity index (χ0v) is 13.6. The van der Waals surface area contributed by atoms with Crippen molar-refractivity contribution in [1.29, 1.82) is 0 Å². The smallest absolute Gasteiger partial charge is 0.0210 e. The Kier molecular flexibility index (Phi) is 6.95. The first-order valence-electron chi connectivity index (χ1n) is 6.98. The molecule has 0 heterocycles. The third kappa shape index (κ3) is 5.53. The Hall–Kier alpha value is -0.340. The predicted octanol–water partition coefficient (Wildman–Crippen LogP) is 4.97. The minimum absolute atomic E-state index is 0.550. The molecule has 2 heteroatoms. The fraction of sp³-hybridized carbons (Fsp3) is 0.625. The summed E-state index contributed by atoms with van der Waals surface area (Å²) in [7, 11) is 0. The van der Waals surface area contributed by atoms with Crippen LogP contribution in [0.1, 0.15) is 52.0 Å². The predicted molar refractivity (Wildman–Crippen MR) is 84.1 cm³/mol. The maximum Gasteiger partial charge on any atom is 0.0210 e. The molecule has 0 saturated carbocycles. The summed E-state index contributed by atoms with van der Waals surface area (Å²) in [5, 5.41) is 3.57. The summed E-state index contributed by atoms with van der Waals surface area (Å²) in [6.07, 6.45) is 2.53. The van der Waals surface area contributed by atoms with Crippen molar-refractivity contribution in [3.63, 3.8) is 0 Å². The van der Waals surface area contributed by atoms with Crippen molar-refractivity contribution >= 4 is 15.9 Å². The van der Waals surface area contributed by atoms with Crippen LogP contribution in [0.3, 0.4) is 0 Å². The van der Waals surface area contributed by atoms with Gasteiger partial charge < -0.3 is 5.32 Å². The van der Waals surface area contributed by atoms with E-state index in [2.05, 4.69) is 73.2 Å². The van der Waals surface area contributed by atoms with Crippen LogP contribution in [0.4, 0.5) is 0 Å². The molecule has 0 aliphatic heterocycles. The molecule has 0 aliphatic rings. The first-order chi connectivity index (χ1) is 8.50. The van der Waals surface area contributed by atoms with Gasteiger partial charge in [-0.25, -0.2) is 0 Å². The van der Waals surface area contributed by atoms with Gasteiger partial charge in [0, 0.05) is 17.1 Å². The minimum Gasteiger partial charge on any atom is -0.314 e. The second kappa shape index (κ2) is 7.96. The summed E-state index contributed by atoms with van der Waals surface area (Å²) in [5.74, 6) is 1.37. The van der Waals surface area contributed by atoms with Crippen LogP contribution in [0.15, 0.2) is 28.7 Å². The lowest BCUT2D eigenvalue weighted by atomic mass is 9.91. The quantitative estimate of drug-likeness (QED) is 0.750. The van der Waals surface area contributed by atoms with E-state index in [0.717, 1.165) is 12.5 Å². The summed E-state index contributed by atoms with van der Waals surface area (Å²) in [6, 6.07) is 9.17. The van der Waals surface area contributed by atoms with E-state index in [1.807, 2.05) is 0 Å². The van der Waals surface area contributed by atoms with Gasteiger partial charge in [-0.05, 0) is 29.9 Å².